The van der Waals surface area contributed by atoms with Crippen LogP contribution in [0.25, 0.3) is 0 Å². The van der Waals surface area contributed by atoms with Gasteiger partial charge in [-0.2, -0.15) is 0 Å². The van der Waals surface area contributed by atoms with Crippen LogP contribution in [0.4, 0.5) is 0 Å². The molecule has 0 saturated carbocycles. The van der Waals surface area contributed by atoms with E-state index in [2.05, 4.69) is 26.2 Å². The van der Waals surface area contributed by atoms with Crippen LogP contribution in [0.3, 0.4) is 0 Å². The molecule has 17 heavy (non-hydrogen) atoms. The fourth-order valence-corrected chi connectivity index (χ4v) is 1.77. The van der Waals surface area contributed by atoms with Gasteiger partial charge in [-0.15, -0.1) is 0 Å². The van der Waals surface area contributed by atoms with E-state index < -0.39 is 17.9 Å². The van der Waals surface area contributed by atoms with Crippen molar-refractivity contribution in [3.63, 3.8) is 0 Å². The predicted molar refractivity (Wildman–Crippen MR) is 65.7 cm³/mol. The largest absolute Gasteiger partial charge is 0.480 e. The van der Waals surface area contributed by atoms with Crippen LogP contribution in [-0.2, 0) is 4.79 Å². The number of carboxylic acids is 1. The molecule has 1 rings (SSSR count). The molecular weight excluding hydrogens is 288 g/mol. The summed E-state index contributed by atoms with van der Waals surface area (Å²) in [5, 5.41) is 11.4. The van der Waals surface area contributed by atoms with Crippen LogP contribution >= 0.6 is 15.9 Å². The highest BCUT2D eigenvalue weighted by Gasteiger charge is 2.20. The minimum absolute atomic E-state index is 0.329. The molecule has 0 spiro atoms. The molecule has 0 aliphatic heterocycles. The van der Waals surface area contributed by atoms with E-state index in [1.165, 1.54) is 0 Å². The van der Waals surface area contributed by atoms with E-state index in [0.717, 1.165) is 0 Å². The first-order chi connectivity index (χ1) is 8.06. The maximum absolute atomic E-state index is 11.8. The second-order valence-corrected chi connectivity index (χ2v) is 4.25. The van der Waals surface area contributed by atoms with E-state index in [4.69, 9.17) is 5.11 Å². The van der Waals surface area contributed by atoms with E-state index in [1.807, 2.05) is 6.92 Å². The normalized spacial score (nSPS) is 11.9. The number of rotatable bonds is 5. The molecule has 0 unspecified atom stereocenters. The number of amides is 1. The van der Waals surface area contributed by atoms with Crippen molar-refractivity contribution in [2.75, 3.05) is 0 Å². The Labute approximate surface area is 107 Å². The number of halogens is 1. The van der Waals surface area contributed by atoms with E-state index >= 15 is 0 Å². The Morgan fingerprint density at radius 2 is 2.29 bits per heavy atom. The highest BCUT2D eigenvalue weighted by Crippen LogP contribution is 2.12. The van der Waals surface area contributed by atoms with Gasteiger partial charge in [0.25, 0.3) is 5.91 Å². The molecule has 0 aliphatic carbocycles. The quantitative estimate of drug-likeness (QED) is 0.813. The lowest BCUT2D eigenvalue weighted by Crippen LogP contribution is -2.40. The second kappa shape index (κ2) is 6.34. The van der Waals surface area contributed by atoms with Gasteiger partial charge in [0.2, 0.25) is 0 Å². The van der Waals surface area contributed by atoms with Crippen molar-refractivity contribution in [1.29, 1.82) is 0 Å². The van der Waals surface area contributed by atoms with Crippen molar-refractivity contribution >= 4 is 27.8 Å². The van der Waals surface area contributed by atoms with Crippen molar-refractivity contribution in [3.05, 3.63) is 28.5 Å². The number of aromatic nitrogens is 1. The van der Waals surface area contributed by atoms with Crippen LogP contribution in [-0.4, -0.2) is 28.0 Å². The Kier molecular flexibility index (Phi) is 5.09. The van der Waals surface area contributed by atoms with Gasteiger partial charge in [-0.25, -0.2) is 9.78 Å². The highest BCUT2D eigenvalue weighted by atomic mass is 79.9. The SMILES string of the molecule is CCC[C@@H](NC(=O)c1cccnc1Br)C(=O)O. The van der Waals surface area contributed by atoms with E-state index in [0.29, 0.717) is 23.0 Å². The van der Waals surface area contributed by atoms with Gasteiger partial charge >= 0.3 is 5.97 Å². The summed E-state index contributed by atoms with van der Waals surface area (Å²) in [5.74, 6) is -1.47. The fourth-order valence-electron chi connectivity index (χ4n) is 1.34. The third-order valence-electron chi connectivity index (χ3n) is 2.18. The molecule has 0 saturated heterocycles. The Morgan fingerprint density at radius 3 is 2.82 bits per heavy atom. The van der Waals surface area contributed by atoms with E-state index in [1.54, 1.807) is 18.3 Å². The molecule has 1 aromatic rings. The van der Waals surface area contributed by atoms with Gasteiger partial charge in [0.1, 0.15) is 10.6 Å². The fraction of sp³-hybridized carbons (Fsp3) is 0.364. The standard InChI is InChI=1S/C11H13BrN2O3/c1-2-4-8(11(16)17)14-10(15)7-5-3-6-13-9(7)12/h3,5-6,8H,2,4H2,1H3,(H,14,15)(H,16,17)/t8-/m1/s1. The number of nitrogens with one attached hydrogen (secondary N) is 1. The Bertz CT molecular complexity index is 423. The molecule has 5 nitrogen and oxygen atoms in total. The van der Waals surface area contributed by atoms with Gasteiger partial charge in [-0.3, -0.25) is 4.79 Å². The predicted octanol–water partition coefficient (Wildman–Crippen LogP) is 1.83. The number of carboxylic acid groups (broad SMARTS) is 1. The Hall–Kier alpha value is -1.43. The molecule has 1 heterocycles. The van der Waals surface area contributed by atoms with Crippen LogP contribution in [0.5, 0.6) is 0 Å². The van der Waals surface area contributed by atoms with Crippen molar-refractivity contribution in [3.8, 4) is 0 Å². The van der Waals surface area contributed by atoms with Gasteiger partial charge in [0.15, 0.2) is 0 Å². The zero-order valence-corrected chi connectivity index (χ0v) is 10.9. The number of nitrogens with zero attached hydrogens (tertiary/aromatic N) is 1. The molecule has 0 aromatic carbocycles. The number of aliphatic carboxylic acids is 1. The topological polar surface area (TPSA) is 79.3 Å². The van der Waals surface area contributed by atoms with Gasteiger partial charge in [-0.1, -0.05) is 13.3 Å². The summed E-state index contributed by atoms with van der Waals surface area (Å²) in [6.45, 7) is 1.86. The second-order valence-electron chi connectivity index (χ2n) is 3.49. The van der Waals surface area contributed by atoms with Crippen LogP contribution < -0.4 is 5.32 Å². The number of hydrogen-bond donors (Lipinski definition) is 2. The van der Waals surface area contributed by atoms with Crippen molar-refractivity contribution in [2.45, 2.75) is 25.8 Å². The third-order valence-corrected chi connectivity index (χ3v) is 2.82. The summed E-state index contributed by atoms with van der Waals surface area (Å²) in [6.07, 6.45) is 2.63. The average Bonchev–Trinajstić information content (AvgIpc) is 2.28. The highest BCUT2D eigenvalue weighted by molar-refractivity contribution is 9.10. The molecule has 0 aliphatic rings. The molecule has 1 atom stereocenters. The molecule has 0 bridgehead atoms. The Morgan fingerprint density at radius 1 is 1.59 bits per heavy atom. The van der Waals surface area contributed by atoms with Gasteiger partial charge in [0, 0.05) is 6.20 Å². The number of hydrogen-bond acceptors (Lipinski definition) is 3. The van der Waals surface area contributed by atoms with Crippen LogP contribution in [0.15, 0.2) is 22.9 Å². The lowest BCUT2D eigenvalue weighted by molar-refractivity contribution is -0.139. The third kappa shape index (κ3) is 3.81. The summed E-state index contributed by atoms with van der Waals surface area (Å²) >= 11 is 3.14. The molecule has 92 valence electrons. The maximum Gasteiger partial charge on any atom is 0.326 e. The van der Waals surface area contributed by atoms with Gasteiger partial charge in [0.05, 0.1) is 5.56 Å². The summed E-state index contributed by atoms with van der Waals surface area (Å²) in [5.41, 5.74) is 0.329. The van der Waals surface area contributed by atoms with Crippen molar-refractivity contribution in [1.82, 2.24) is 10.3 Å². The molecule has 2 N–H and O–H groups in total. The first-order valence-electron chi connectivity index (χ1n) is 5.20. The van der Waals surface area contributed by atoms with E-state index in [9.17, 15) is 9.59 Å². The molecule has 6 heteroatoms. The monoisotopic (exact) mass is 300 g/mol. The lowest BCUT2D eigenvalue weighted by Gasteiger charge is -2.13. The van der Waals surface area contributed by atoms with Crippen molar-refractivity contribution < 1.29 is 14.7 Å². The van der Waals surface area contributed by atoms with E-state index in [-0.39, 0.29) is 0 Å². The molecule has 0 radical (unpaired) electrons. The minimum atomic E-state index is -1.03. The smallest absolute Gasteiger partial charge is 0.326 e. The summed E-state index contributed by atoms with van der Waals surface area (Å²) in [4.78, 5) is 26.6. The molecule has 1 amide bonds. The summed E-state index contributed by atoms with van der Waals surface area (Å²) < 4.78 is 0.401. The van der Waals surface area contributed by atoms with Crippen LogP contribution in [0.2, 0.25) is 0 Å². The van der Waals surface area contributed by atoms with Crippen LogP contribution in [0.1, 0.15) is 30.1 Å². The average molecular weight is 301 g/mol. The lowest BCUT2D eigenvalue weighted by atomic mass is 10.1. The van der Waals surface area contributed by atoms with Crippen molar-refractivity contribution in [2.24, 2.45) is 0 Å². The molecule has 0 fully saturated rings. The zero-order valence-electron chi connectivity index (χ0n) is 9.31. The minimum Gasteiger partial charge on any atom is -0.480 e. The van der Waals surface area contributed by atoms with Gasteiger partial charge in [-0.05, 0) is 34.5 Å². The first kappa shape index (κ1) is 13.6. The number of carbonyl (C=O) groups excluding carboxylic acids is 1. The van der Waals surface area contributed by atoms with Gasteiger partial charge < -0.3 is 10.4 Å². The number of carbonyl (C=O) groups is 2. The zero-order chi connectivity index (χ0) is 12.8. The Balaban J connectivity index is 2.77. The molecule has 1 aromatic heterocycles. The number of pyridine rings is 1. The maximum atomic E-state index is 11.8. The van der Waals surface area contributed by atoms with Crippen LogP contribution in [0, 0.1) is 0 Å². The summed E-state index contributed by atoms with van der Waals surface area (Å²) in [6, 6.07) is 2.34. The molecular formula is C11H13BrN2O3. The summed E-state index contributed by atoms with van der Waals surface area (Å²) in [7, 11) is 0. The first-order valence-corrected chi connectivity index (χ1v) is 5.99.